The van der Waals surface area contributed by atoms with E-state index < -0.39 is 37.2 Å². The summed E-state index contributed by atoms with van der Waals surface area (Å²) >= 11 is 0. The average Bonchev–Trinajstić information content (AvgIpc) is 3.19. The van der Waals surface area contributed by atoms with Gasteiger partial charge in [0, 0.05) is 6.61 Å². The highest BCUT2D eigenvalue weighted by molar-refractivity contribution is 5.41. The molecule has 246 valence electrons. The van der Waals surface area contributed by atoms with Crippen molar-refractivity contribution in [1.29, 1.82) is 0 Å². The number of halogens is 9. The van der Waals surface area contributed by atoms with E-state index in [9.17, 15) is 39.5 Å². The molecule has 0 bridgehead atoms. The van der Waals surface area contributed by atoms with Crippen LogP contribution in [0.3, 0.4) is 0 Å². The zero-order chi connectivity index (χ0) is 32.1. The monoisotopic (exact) mass is 632 g/mol. The minimum Gasteiger partial charge on any atom is -0.488 e. The van der Waals surface area contributed by atoms with Crippen LogP contribution in [0.2, 0.25) is 0 Å². The van der Waals surface area contributed by atoms with Gasteiger partial charge in [-0.05, 0) is 112 Å². The van der Waals surface area contributed by atoms with Gasteiger partial charge in [-0.25, -0.2) is 0 Å². The maximum atomic E-state index is 13.1. The number of aryl methyl sites for hydroxylation is 1. The van der Waals surface area contributed by atoms with Crippen molar-refractivity contribution in [3.8, 4) is 5.75 Å². The molecule has 5 atom stereocenters. The summed E-state index contributed by atoms with van der Waals surface area (Å²) in [5.74, 6) is 1.99. The molecule has 0 heterocycles. The normalized spacial score (nSPS) is 28.3. The molecular weight excluding hydrogens is 591 g/mol. The largest absolute Gasteiger partial charge is 0.488 e. The lowest BCUT2D eigenvalue weighted by atomic mass is 9.55. The molecule has 0 aliphatic heterocycles. The second kappa shape index (κ2) is 11.9. The summed E-state index contributed by atoms with van der Waals surface area (Å²) in [4.78, 5) is 0. The van der Waals surface area contributed by atoms with E-state index in [4.69, 9.17) is 9.47 Å². The van der Waals surface area contributed by atoms with Crippen LogP contribution in [-0.2, 0) is 15.9 Å². The molecule has 0 N–H and O–H groups in total. The quantitative estimate of drug-likeness (QED) is 0.190. The number of hydrogen-bond donors (Lipinski definition) is 0. The molecule has 12 heteroatoms. The molecule has 3 nitrogen and oxygen atoms in total. The fourth-order valence-corrected chi connectivity index (χ4v) is 8.06. The Kier molecular flexibility index (Phi) is 9.47. The molecule has 43 heavy (non-hydrogen) atoms. The molecule has 0 radical (unpaired) electrons. The SMILES string of the molecule is CCCC(C)(C)Oc1ccc2c(c1)CCC1C2CCC2(C)C(OCCCOC(C(F)(F)F)(C(F)(F)F)C(F)(F)F)CCC12. The highest BCUT2D eigenvalue weighted by Crippen LogP contribution is 2.62. The first-order valence-electron chi connectivity index (χ1n) is 15.0. The van der Waals surface area contributed by atoms with Gasteiger partial charge in [-0.2, -0.15) is 39.5 Å². The number of rotatable bonds is 10. The Morgan fingerprint density at radius 1 is 0.860 bits per heavy atom. The summed E-state index contributed by atoms with van der Waals surface area (Å²) in [6.45, 7) is 6.70. The molecule has 0 spiro atoms. The lowest BCUT2D eigenvalue weighted by Gasteiger charge is -2.50. The predicted molar refractivity (Wildman–Crippen MR) is 142 cm³/mol. The molecule has 4 rings (SSSR count). The number of ether oxygens (including phenoxy) is 3. The zero-order valence-corrected chi connectivity index (χ0v) is 24.9. The summed E-state index contributed by atoms with van der Waals surface area (Å²) in [5, 5.41) is 0. The summed E-state index contributed by atoms with van der Waals surface area (Å²) in [5.41, 5.74) is -4.10. The van der Waals surface area contributed by atoms with Crippen LogP contribution in [-0.4, -0.2) is 49.0 Å². The van der Waals surface area contributed by atoms with E-state index in [1.807, 2.05) is 6.07 Å². The first-order valence-corrected chi connectivity index (χ1v) is 15.0. The van der Waals surface area contributed by atoms with E-state index in [1.54, 1.807) is 0 Å². The van der Waals surface area contributed by atoms with Crippen LogP contribution in [0, 0.1) is 17.3 Å². The lowest BCUT2D eigenvalue weighted by molar-refractivity contribution is -0.457. The Balaban J connectivity index is 1.36. The van der Waals surface area contributed by atoms with Gasteiger partial charge in [-0.1, -0.05) is 26.3 Å². The van der Waals surface area contributed by atoms with E-state index >= 15 is 0 Å². The molecule has 0 aromatic heterocycles. The molecule has 3 aliphatic carbocycles. The van der Waals surface area contributed by atoms with Gasteiger partial charge in [0.05, 0.1) is 12.7 Å². The third-order valence-electron chi connectivity index (χ3n) is 9.98. The molecule has 5 unspecified atom stereocenters. The van der Waals surface area contributed by atoms with Crippen molar-refractivity contribution >= 4 is 0 Å². The fourth-order valence-electron chi connectivity index (χ4n) is 8.06. The van der Waals surface area contributed by atoms with Crippen LogP contribution < -0.4 is 4.74 Å². The van der Waals surface area contributed by atoms with Crippen molar-refractivity contribution in [1.82, 2.24) is 0 Å². The van der Waals surface area contributed by atoms with Gasteiger partial charge in [0.15, 0.2) is 0 Å². The van der Waals surface area contributed by atoms with Crippen molar-refractivity contribution in [2.24, 2.45) is 17.3 Å². The Morgan fingerprint density at radius 3 is 2.12 bits per heavy atom. The van der Waals surface area contributed by atoms with Crippen molar-refractivity contribution < 1.29 is 53.7 Å². The summed E-state index contributed by atoms with van der Waals surface area (Å²) in [6.07, 6.45) is -13.8. The molecule has 0 saturated heterocycles. The Morgan fingerprint density at radius 2 is 1.51 bits per heavy atom. The molecule has 2 fully saturated rings. The Bertz CT molecular complexity index is 1080. The van der Waals surface area contributed by atoms with Crippen LogP contribution in [0.15, 0.2) is 18.2 Å². The van der Waals surface area contributed by atoms with Crippen LogP contribution in [0.1, 0.15) is 96.1 Å². The van der Waals surface area contributed by atoms with Gasteiger partial charge < -0.3 is 14.2 Å². The molecule has 0 amide bonds. The van der Waals surface area contributed by atoms with E-state index in [0.29, 0.717) is 24.2 Å². The fraction of sp³-hybridized carbons (Fsp3) is 0.806. The second-order valence-electron chi connectivity index (χ2n) is 13.2. The van der Waals surface area contributed by atoms with Gasteiger partial charge in [0.25, 0.3) is 0 Å². The van der Waals surface area contributed by atoms with E-state index in [0.717, 1.165) is 50.7 Å². The standard InChI is InChI=1S/C31H41F9O3/c1-5-14-26(2,3)43-20-8-10-21-19(18-20)7-9-23-22(21)13-15-27(4)24(23)11-12-25(27)41-16-6-17-42-28(29(32,33)34,30(35,36)37)31(38,39)40/h8,10,18,22-25H,5-7,9,11-17H2,1-4H3. The zero-order valence-electron chi connectivity index (χ0n) is 24.9. The van der Waals surface area contributed by atoms with Gasteiger partial charge in [-0.3, -0.25) is 0 Å². The van der Waals surface area contributed by atoms with E-state index in [-0.39, 0.29) is 23.7 Å². The van der Waals surface area contributed by atoms with Crippen LogP contribution in [0.5, 0.6) is 5.75 Å². The number of hydrogen-bond acceptors (Lipinski definition) is 3. The van der Waals surface area contributed by atoms with Gasteiger partial charge >= 0.3 is 24.1 Å². The maximum absolute atomic E-state index is 13.1. The number of fused-ring (bicyclic) bond motifs is 5. The van der Waals surface area contributed by atoms with Crippen molar-refractivity contribution in [2.75, 3.05) is 13.2 Å². The highest BCUT2D eigenvalue weighted by atomic mass is 19.4. The predicted octanol–water partition coefficient (Wildman–Crippen LogP) is 9.72. The minimum atomic E-state index is -6.73. The van der Waals surface area contributed by atoms with Crippen molar-refractivity contribution in [3.05, 3.63) is 29.3 Å². The smallest absolute Gasteiger partial charge is 0.435 e. The van der Waals surface area contributed by atoms with Crippen LogP contribution >= 0.6 is 0 Å². The molecule has 1 aromatic rings. The van der Waals surface area contributed by atoms with Gasteiger partial charge in [-0.15, -0.1) is 0 Å². The molecule has 3 aliphatic rings. The number of alkyl halides is 9. The third kappa shape index (κ3) is 6.38. The lowest BCUT2D eigenvalue weighted by Crippen LogP contribution is -2.67. The first-order chi connectivity index (χ1) is 19.8. The van der Waals surface area contributed by atoms with Crippen LogP contribution in [0.4, 0.5) is 39.5 Å². The molecular formula is C31H41F9O3. The van der Waals surface area contributed by atoms with Crippen molar-refractivity contribution in [2.45, 2.75) is 127 Å². The van der Waals surface area contributed by atoms with E-state index in [1.165, 1.54) is 11.1 Å². The number of benzene rings is 1. The average molecular weight is 633 g/mol. The summed E-state index contributed by atoms with van der Waals surface area (Å²) in [6, 6.07) is 6.38. The third-order valence-corrected chi connectivity index (χ3v) is 9.98. The topological polar surface area (TPSA) is 27.7 Å². The Labute approximate surface area is 246 Å². The van der Waals surface area contributed by atoms with Crippen LogP contribution in [0.25, 0.3) is 0 Å². The van der Waals surface area contributed by atoms with E-state index in [2.05, 4.69) is 44.6 Å². The maximum Gasteiger partial charge on any atom is 0.435 e. The molecule has 2 saturated carbocycles. The van der Waals surface area contributed by atoms with Gasteiger partial charge in [0.1, 0.15) is 11.4 Å². The summed E-state index contributed by atoms with van der Waals surface area (Å²) < 4.78 is 134. The van der Waals surface area contributed by atoms with Crippen molar-refractivity contribution in [3.63, 3.8) is 0 Å². The second-order valence-corrected chi connectivity index (χ2v) is 13.2. The summed E-state index contributed by atoms with van der Waals surface area (Å²) in [7, 11) is 0. The minimum absolute atomic E-state index is 0.236. The highest BCUT2D eigenvalue weighted by Gasteiger charge is 2.85. The van der Waals surface area contributed by atoms with Gasteiger partial charge in [0.2, 0.25) is 0 Å². The first kappa shape index (κ1) is 34.2. The molecule has 1 aromatic carbocycles. The Hall–Kier alpha value is -1.69.